The van der Waals surface area contributed by atoms with Crippen LogP contribution in [-0.4, -0.2) is 48.0 Å². The Morgan fingerprint density at radius 3 is 2.45 bits per heavy atom. The molecule has 0 saturated heterocycles. The third-order valence-electron chi connectivity index (χ3n) is 2.39. The van der Waals surface area contributed by atoms with Gasteiger partial charge >= 0.3 is 12.0 Å². The third-order valence-corrected chi connectivity index (χ3v) is 2.39. The number of aliphatic hydroxyl groups is 1. The summed E-state index contributed by atoms with van der Waals surface area (Å²) < 4.78 is 5.37. The second-order valence-electron chi connectivity index (χ2n) is 3.99. The summed E-state index contributed by atoms with van der Waals surface area (Å²) in [5.41, 5.74) is 0. The van der Waals surface area contributed by atoms with Crippen LogP contribution in [0.25, 0.3) is 0 Å². The van der Waals surface area contributed by atoms with E-state index in [1.807, 2.05) is 30.3 Å². The standard InChI is InChI=1S/C13H18N2O5/c16-11(12(17)18)6-7-14-13(19)15-8-9-20-10-4-2-1-3-5-10/h1-5,11,16H,6-9H2,(H,17,18)(H2,14,15,19)/t11-/m0/s1. The summed E-state index contributed by atoms with van der Waals surface area (Å²) in [5.74, 6) is -0.581. The van der Waals surface area contributed by atoms with Crippen molar-refractivity contribution in [3.63, 3.8) is 0 Å². The van der Waals surface area contributed by atoms with Crippen LogP contribution in [0.5, 0.6) is 5.75 Å². The van der Waals surface area contributed by atoms with Gasteiger partial charge in [0, 0.05) is 13.0 Å². The molecular formula is C13H18N2O5. The number of carbonyl (C=O) groups is 2. The van der Waals surface area contributed by atoms with Crippen molar-refractivity contribution in [2.75, 3.05) is 19.7 Å². The van der Waals surface area contributed by atoms with Gasteiger partial charge in [0.15, 0.2) is 6.10 Å². The molecule has 1 aromatic rings. The van der Waals surface area contributed by atoms with Gasteiger partial charge in [0.2, 0.25) is 0 Å². The lowest BCUT2D eigenvalue weighted by Crippen LogP contribution is -2.39. The van der Waals surface area contributed by atoms with Crippen molar-refractivity contribution in [1.29, 1.82) is 0 Å². The normalized spacial score (nSPS) is 11.4. The topological polar surface area (TPSA) is 108 Å². The zero-order valence-electron chi connectivity index (χ0n) is 10.9. The number of carboxylic acid groups (broad SMARTS) is 1. The first-order valence-electron chi connectivity index (χ1n) is 6.20. The number of aliphatic carboxylic acids is 1. The fraction of sp³-hybridized carbons (Fsp3) is 0.385. The molecule has 1 atom stereocenters. The van der Waals surface area contributed by atoms with Crippen LogP contribution in [0.3, 0.4) is 0 Å². The van der Waals surface area contributed by atoms with Crippen molar-refractivity contribution in [2.45, 2.75) is 12.5 Å². The maximum absolute atomic E-state index is 11.3. The number of nitrogens with one attached hydrogen (secondary N) is 2. The van der Waals surface area contributed by atoms with Crippen LogP contribution in [0.15, 0.2) is 30.3 Å². The Balaban J connectivity index is 2.04. The van der Waals surface area contributed by atoms with E-state index >= 15 is 0 Å². The van der Waals surface area contributed by atoms with Gasteiger partial charge in [0.25, 0.3) is 0 Å². The minimum Gasteiger partial charge on any atom is -0.492 e. The van der Waals surface area contributed by atoms with Crippen LogP contribution < -0.4 is 15.4 Å². The molecule has 1 aromatic carbocycles. The molecule has 0 aliphatic rings. The van der Waals surface area contributed by atoms with Crippen LogP contribution in [0, 0.1) is 0 Å². The third kappa shape index (κ3) is 6.60. The molecule has 0 aliphatic heterocycles. The molecule has 0 aromatic heterocycles. The quantitative estimate of drug-likeness (QED) is 0.509. The van der Waals surface area contributed by atoms with Gasteiger partial charge in [-0.25, -0.2) is 9.59 Å². The molecule has 0 spiro atoms. The van der Waals surface area contributed by atoms with Gasteiger partial charge in [0.05, 0.1) is 6.54 Å². The van der Waals surface area contributed by atoms with E-state index in [1.54, 1.807) is 0 Å². The molecule has 0 fully saturated rings. The summed E-state index contributed by atoms with van der Waals surface area (Å²) >= 11 is 0. The molecule has 2 amide bonds. The van der Waals surface area contributed by atoms with E-state index in [0.717, 1.165) is 5.75 Å². The zero-order chi connectivity index (χ0) is 14.8. The molecular weight excluding hydrogens is 264 g/mol. The highest BCUT2D eigenvalue weighted by atomic mass is 16.5. The molecule has 7 heteroatoms. The van der Waals surface area contributed by atoms with Gasteiger partial charge in [-0.3, -0.25) is 0 Å². The first kappa shape index (κ1) is 15.8. The largest absolute Gasteiger partial charge is 0.492 e. The SMILES string of the molecule is O=C(NCCOc1ccccc1)NCC[C@H](O)C(=O)O. The van der Waals surface area contributed by atoms with Gasteiger partial charge in [-0.05, 0) is 12.1 Å². The van der Waals surface area contributed by atoms with Gasteiger partial charge in [-0.1, -0.05) is 18.2 Å². The van der Waals surface area contributed by atoms with E-state index < -0.39 is 18.1 Å². The van der Waals surface area contributed by atoms with Gasteiger partial charge in [-0.2, -0.15) is 0 Å². The molecule has 4 N–H and O–H groups in total. The Bertz CT molecular complexity index is 424. The summed E-state index contributed by atoms with van der Waals surface area (Å²) in [6.07, 6.45) is -1.50. The Morgan fingerprint density at radius 1 is 1.15 bits per heavy atom. The summed E-state index contributed by atoms with van der Waals surface area (Å²) in [6, 6.07) is 8.77. The van der Waals surface area contributed by atoms with Gasteiger partial charge in [-0.15, -0.1) is 0 Å². The number of hydrogen-bond donors (Lipinski definition) is 4. The zero-order valence-corrected chi connectivity index (χ0v) is 10.9. The lowest BCUT2D eigenvalue weighted by atomic mass is 10.2. The minimum absolute atomic E-state index is 0.0384. The molecule has 7 nitrogen and oxygen atoms in total. The van der Waals surface area contributed by atoms with Crippen LogP contribution in [0.2, 0.25) is 0 Å². The average Bonchev–Trinajstić information content (AvgIpc) is 2.44. The van der Waals surface area contributed by atoms with Crippen molar-refractivity contribution in [3.05, 3.63) is 30.3 Å². The fourth-order valence-electron chi connectivity index (χ4n) is 1.36. The molecule has 0 heterocycles. The number of aliphatic hydroxyl groups excluding tert-OH is 1. The predicted molar refractivity (Wildman–Crippen MR) is 71.6 cm³/mol. The van der Waals surface area contributed by atoms with E-state index in [0.29, 0.717) is 13.2 Å². The summed E-state index contributed by atoms with van der Waals surface area (Å²) in [6.45, 7) is 0.732. The van der Waals surface area contributed by atoms with Crippen molar-refractivity contribution in [3.8, 4) is 5.75 Å². The Morgan fingerprint density at radius 2 is 1.80 bits per heavy atom. The number of rotatable bonds is 8. The summed E-state index contributed by atoms with van der Waals surface area (Å²) in [4.78, 5) is 21.6. The second kappa shape index (κ2) is 8.76. The highest BCUT2D eigenvalue weighted by Crippen LogP contribution is 2.07. The summed E-state index contributed by atoms with van der Waals surface area (Å²) in [5, 5.41) is 22.4. The Kier molecular flexibility index (Phi) is 6.91. The van der Waals surface area contributed by atoms with Crippen LogP contribution >= 0.6 is 0 Å². The number of carbonyl (C=O) groups excluding carboxylic acids is 1. The molecule has 110 valence electrons. The Hall–Kier alpha value is -2.28. The number of amides is 2. The van der Waals surface area contributed by atoms with E-state index in [2.05, 4.69) is 10.6 Å². The van der Waals surface area contributed by atoms with Crippen LogP contribution in [0.4, 0.5) is 4.79 Å². The van der Waals surface area contributed by atoms with E-state index in [4.69, 9.17) is 14.9 Å². The fourth-order valence-corrected chi connectivity index (χ4v) is 1.36. The first-order chi connectivity index (χ1) is 9.59. The van der Waals surface area contributed by atoms with E-state index in [1.165, 1.54) is 0 Å². The number of benzene rings is 1. The van der Waals surface area contributed by atoms with Crippen LogP contribution in [0.1, 0.15) is 6.42 Å². The van der Waals surface area contributed by atoms with E-state index in [-0.39, 0.29) is 13.0 Å². The molecule has 0 unspecified atom stereocenters. The molecule has 20 heavy (non-hydrogen) atoms. The van der Waals surface area contributed by atoms with Crippen molar-refractivity contribution in [2.24, 2.45) is 0 Å². The van der Waals surface area contributed by atoms with Crippen molar-refractivity contribution >= 4 is 12.0 Å². The Labute approximate surface area is 116 Å². The number of ether oxygens (including phenoxy) is 1. The summed E-state index contributed by atoms with van der Waals surface area (Å²) in [7, 11) is 0. The number of urea groups is 1. The minimum atomic E-state index is -1.46. The van der Waals surface area contributed by atoms with Gasteiger partial charge < -0.3 is 25.6 Å². The average molecular weight is 282 g/mol. The van der Waals surface area contributed by atoms with E-state index in [9.17, 15) is 9.59 Å². The number of hydrogen-bond acceptors (Lipinski definition) is 4. The van der Waals surface area contributed by atoms with Crippen LogP contribution in [-0.2, 0) is 4.79 Å². The molecule has 0 saturated carbocycles. The van der Waals surface area contributed by atoms with Crippen molar-refractivity contribution in [1.82, 2.24) is 10.6 Å². The first-order valence-corrected chi connectivity index (χ1v) is 6.20. The molecule has 0 aliphatic carbocycles. The second-order valence-corrected chi connectivity index (χ2v) is 3.99. The number of para-hydroxylation sites is 1. The highest BCUT2D eigenvalue weighted by Gasteiger charge is 2.12. The van der Waals surface area contributed by atoms with Crippen molar-refractivity contribution < 1.29 is 24.5 Å². The smallest absolute Gasteiger partial charge is 0.332 e. The maximum Gasteiger partial charge on any atom is 0.332 e. The molecule has 1 rings (SSSR count). The highest BCUT2D eigenvalue weighted by molar-refractivity contribution is 5.74. The lowest BCUT2D eigenvalue weighted by Gasteiger charge is -2.09. The maximum atomic E-state index is 11.3. The number of carboxylic acids is 1. The van der Waals surface area contributed by atoms with Gasteiger partial charge in [0.1, 0.15) is 12.4 Å². The predicted octanol–water partition coefficient (Wildman–Crippen LogP) is 0.200. The molecule has 0 radical (unpaired) electrons. The lowest BCUT2D eigenvalue weighted by molar-refractivity contribution is -0.146. The molecule has 0 bridgehead atoms. The monoisotopic (exact) mass is 282 g/mol.